The van der Waals surface area contributed by atoms with Crippen molar-refractivity contribution in [2.45, 2.75) is 26.7 Å². The van der Waals surface area contributed by atoms with Gasteiger partial charge in [0.2, 0.25) is 5.95 Å². The molecule has 0 amide bonds. The molecule has 8 nitrogen and oxygen atoms in total. The summed E-state index contributed by atoms with van der Waals surface area (Å²) in [5.41, 5.74) is 4.66. The van der Waals surface area contributed by atoms with Gasteiger partial charge < -0.3 is 20.1 Å². The quantitative estimate of drug-likeness (QED) is 0.532. The van der Waals surface area contributed by atoms with Crippen LogP contribution in [0.2, 0.25) is 0 Å². The van der Waals surface area contributed by atoms with Crippen LogP contribution >= 0.6 is 0 Å². The van der Waals surface area contributed by atoms with Crippen molar-refractivity contribution in [3.05, 3.63) is 41.9 Å². The van der Waals surface area contributed by atoms with E-state index in [1.165, 1.54) is 5.69 Å². The second kappa shape index (κ2) is 7.53. The number of fused-ring (bicyclic) bond motifs is 3. The zero-order chi connectivity index (χ0) is 20.7. The lowest BCUT2D eigenvalue weighted by atomic mass is 10.0. The molecule has 154 valence electrons. The summed E-state index contributed by atoms with van der Waals surface area (Å²) in [6.45, 7) is 10.2. The van der Waals surface area contributed by atoms with E-state index in [0.29, 0.717) is 5.95 Å². The van der Waals surface area contributed by atoms with E-state index in [-0.39, 0.29) is 5.92 Å². The first kappa shape index (κ1) is 18.7. The summed E-state index contributed by atoms with van der Waals surface area (Å²) in [5.74, 6) is 1.48. The number of piperazine rings is 1. The van der Waals surface area contributed by atoms with Crippen molar-refractivity contribution in [3.8, 4) is 0 Å². The van der Waals surface area contributed by atoms with Crippen molar-refractivity contribution in [1.82, 2.24) is 25.4 Å². The van der Waals surface area contributed by atoms with Crippen LogP contribution in [0.5, 0.6) is 0 Å². The van der Waals surface area contributed by atoms with Gasteiger partial charge in [-0.3, -0.25) is 0 Å². The van der Waals surface area contributed by atoms with Crippen molar-refractivity contribution in [2.75, 3.05) is 36.4 Å². The normalized spacial score (nSPS) is 14.7. The van der Waals surface area contributed by atoms with Gasteiger partial charge in [0, 0.05) is 37.8 Å². The molecule has 1 aliphatic rings. The maximum absolute atomic E-state index is 5.51. The Morgan fingerprint density at radius 3 is 2.70 bits per heavy atom. The van der Waals surface area contributed by atoms with Crippen LogP contribution in [0.15, 0.2) is 35.0 Å². The first-order valence-corrected chi connectivity index (χ1v) is 10.4. The van der Waals surface area contributed by atoms with E-state index < -0.39 is 0 Å². The highest BCUT2D eigenvalue weighted by atomic mass is 16.5. The van der Waals surface area contributed by atoms with Gasteiger partial charge in [-0.1, -0.05) is 19.0 Å². The molecule has 2 N–H and O–H groups in total. The van der Waals surface area contributed by atoms with E-state index in [9.17, 15) is 0 Å². The molecule has 0 saturated carbocycles. The number of pyridine rings is 1. The summed E-state index contributed by atoms with van der Waals surface area (Å²) >= 11 is 0. The summed E-state index contributed by atoms with van der Waals surface area (Å²) in [6, 6.07) is 7.98. The Hall–Kier alpha value is -3.26. The molecule has 0 radical (unpaired) electrons. The van der Waals surface area contributed by atoms with E-state index in [1.54, 1.807) is 0 Å². The zero-order valence-corrected chi connectivity index (χ0v) is 17.4. The topological polar surface area (TPSA) is 92.0 Å². The summed E-state index contributed by atoms with van der Waals surface area (Å²) in [4.78, 5) is 16.4. The average Bonchev–Trinajstić information content (AvgIpc) is 3.20. The number of aromatic nitrogens is 4. The van der Waals surface area contributed by atoms with Crippen molar-refractivity contribution in [1.29, 1.82) is 0 Å². The number of nitrogens with zero attached hydrogens (tertiary/aromatic N) is 5. The first-order chi connectivity index (χ1) is 14.6. The fourth-order valence-electron chi connectivity index (χ4n) is 3.98. The van der Waals surface area contributed by atoms with Gasteiger partial charge >= 0.3 is 0 Å². The van der Waals surface area contributed by atoms with Gasteiger partial charge in [-0.15, -0.1) is 0 Å². The predicted molar refractivity (Wildman–Crippen MR) is 119 cm³/mol. The lowest BCUT2D eigenvalue weighted by Crippen LogP contribution is -2.43. The number of aryl methyl sites for hydroxylation is 1. The molecule has 4 heterocycles. The van der Waals surface area contributed by atoms with Crippen LogP contribution in [0.25, 0.3) is 21.9 Å². The van der Waals surface area contributed by atoms with E-state index in [4.69, 9.17) is 14.5 Å². The highest BCUT2D eigenvalue weighted by Crippen LogP contribution is 2.31. The SMILES string of the molecule is Cc1nc(Nc2ncc3ccc4onc(C(C)C)c4c3n2)ccc1N1CCNCC1. The summed E-state index contributed by atoms with van der Waals surface area (Å²) in [5, 5.41) is 12.8. The number of nitrogens with one attached hydrogen (secondary N) is 2. The minimum Gasteiger partial charge on any atom is -0.368 e. The summed E-state index contributed by atoms with van der Waals surface area (Å²) in [7, 11) is 0. The number of benzene rings is 1. The van der Waals surface area contributed by atoms with Gasteiger partial charge in [-0.2, -0.15) is 0 Å². The van der Waals surface area contributed by atoms with E-state index in [1.807, 2.05) is 31.3 Å². The minimum atomic E-state index is 0.241. The second-order valence-corrected chi connectivity index (χ2v) is 7.96. The van der Waals surface area contributed by atoms with E-state index in [0.717, 1.165) is 65.3 Å². The monoisotopic (exact) mass is 403 g/mol. The van der Waals surface area contributed by atoms with Gasteiger partial charge in [0.1, 0.15) is 5.82 Å². The molecule has 5 rings (SSSR count). The summed E-state index contributed by atoms with van der Waals surface area (Å²) in [6.07, 6.45) is 1.82. The highest BCUT2D eigenvalue weighted by molar-refractivity contribution is 6.04. The van der Waals surface area contributed by atoms with Gasteiger partial charge in [-0.05, 0) is 37.1 Å². The third-order valence-corrected chi connectivity index (χ3v) is 5.52. The van der Waals surface area contributed by atoms with E-state index >= 15 is 0 Å². The van der Waals surface area contributed by atoms with Crippen LogP contribution < -0.4 is 15.5 Å². The van der Waals surface area contributed by atoms with Crippen LogP contribution in [0.4, 0.5) is 17.5 Å². The Balaban J connectivity index is 1.48. The molecule has 0 spiro atoms. The van der Waals surface area contributed by atoms with Gasteiger partial charge in [0.25, 0.3) is 0 Å². The van der Waals surface area contributed by atoms with Crippen molar-refractivity contribution < 1.29 is 4.52 Å². The first-order valence-electron chi connectivity index (χ1n) is 10.4. The van der Waals surface area contributed by atoms with Gasteiger partial charge in [-0.25, -0.2) is 15.0 Å². The third-order valence-electron chi connectivity index (χ3n) is 5.52. The zero-order valence-electron chi connectivity index (χ0n) is 17.4. The predicted octanol–water partition coefficient (Wildman–Crippen LogP) is 3.75. The van der Waals surface area contributed by atoms with Crippen molar-refractivity contribution >= 4 is 39.3 Å². The fraction of sp³-hybridized carbons (Fsp3) is 0.364. The Morgan fingerprint density at radius 2 is 1.93 bits per heavy atom. The molecule has 0 aliphatic carbocycles. The standard InChI is InChI=1S/C22H25N7O/c1-13(2)20-19-17(30-28-20)6-4-15-12-24-22(27-21(15)19)26-18-7-5-16(14(3)25-18)29-10-8-23-9-11-29/h4-7,12-13,23H,8-11H2,1-3H3,(H,24,25,26,27). The molecule has 3 aromatic heterocycles. The highest BCUT2D eigenvalue weighted by Gasteiger charge is 2.17. The maximum Gasteiger partial charge on any atom is 0.228 e. The molecule has 1 aromatic carbocycles. The summed E-state index contributed by atoms with van der Waals surface area (Å²) < 4.78 is 5.51. The molecule has 8 heteroatoms. The fourth-order valence-corrected chi connectivity index (χ4v) is 3.98. The van der Waals surface area contributed by atoms with Crippen LogP contribution in [-0.2, 0) is 0 Å². The van der Waals surface area contributed by atoms with Crippen molar-refractivity contribution in [2.24, 2.45) is 0 Å². The smallest absolute Gasteiger partial charge is 0.228 e. The average molecular weight is 403 g/mol. The lowest BCUT2D eigenvalue weighted by Gasteiger charge is -2.30. The molecule has 0 bridgehead atoms. The molecule has 0 unspecified atom stereocenters. The van der Waals surface area contributed by atoms with Gasteiger partial charge in [0.15, 0.2) is 5.58 Å². The minimum absolute atomic E-state index is 0.241. The molecule has 1 aliphatic heterocycles. The lowest BCUT2D eigenvalue weighted by molar-refractivity contribution is 0.441. The van der Waals surface area contributed by atoms with Crippen LogP contribution in [0.3, 0.4) is 0 Å². The molecular weight excluding hydrogens is 378 g/mol. The Morgan fingerprint density at radius 1 is 1.10 bits per heavy atom. The van der Waals surface area contributed by atoms with Crippen LogP contribution in [0.1, 0.15) is 31.2 Å². The number of hydrogen-bond donors (Lipinski definition) is 2. The molecule has 1 fully saturated rings. The van der Waals surface area contributed by atoms with Gasteiger partial charge in [0.05, 0.1) is 28.0 Å². The second-order valence-electron chi connectivity index (χ2n) is 7.96. The number of rotatable bonds is 4. The van der Waals surface area contributed by atoms with Crippen LogP contribution in [-0.4, -0.2) is 46.3 Å². The number of anilines is 3. The third kappa shape index (κ3) is 3.33. The Bertz CT molecular complexity index is 1210. The molecule has 4 aromatic rings. The molecule has 30 heavy (non-hydrogen) atoms. The Labute approximate surface area is 174 Å². The number of hydrogen-bond acceptors (Lipinski definition) is 8. The van der Waals surface area contributed by atoms with Crippen LogP contribution in [0, 0.1) is 6.92 Å². The Kier molecular flexibility index (Phi) is 4.71. The molecule has 1 saturated heterocycles. The molecular formula is C22H25N7O. The molecule has 0 atom stereocenters. The van der Waals surface area contributed by atoms with E-state index in [2.05, 4.69) is 45.6 Å². The largest absolute Gasteiger partial charge is 0.368 e. The van der Waals surface area contributed by atoms with Crippen molar-refractivity contribution in [3.63, 3.8) is 0 Å². The maximum atomic E-state index is 5.51.